The molecule has 2 aromatic rings. The van der Waals surface area contributed by atoms with Crippen LogP contribution in [-0.4, -0.2) is 22.0 Å². The molecule has 4 nitrogen and oxygen atoms in total. The van der Waals surface area contributed by atoms with Gasteiger partial charge in [0.2, 0.25) is 0 Å². The van der Waals surface area contributed by atoms with Gasteiger partial charge in [0, 0.05) is 23.8 Å². The maximum absolute atomic E-state index is 12.6. The summed E-state index contributed by atoms with van der Waals surface area (Å²) in [5.74, 6) is 0.0888. The number of aromatic hydroxyl groups is 1. The number of nitrogen functional groups attached to an aromatic ring is 1. The molecule has 4 heteroatoms. The molecule has 21 heavy (non-hydrogen) atoms. The molecule has 0 atom stereocenters. The van der Waals surface area contributed by atoms with Crippen molar-refractivity contribution in [3.05, 3.63) is 59.7 Å². The van der Waals surface area contributed by atoms with Gasteiger partial charge in [0.25, 0.3) is 5.91 Å². The molecule has 110 valence electrons. The molecule has 0 bridgehead atoms. The summed E-state index contributed by atoms with van der Waals surface area (Å²) >= 11 is 0. The van der Waals surface area contributed by atoms with Crippen molar-refractivity contribution in [1.29, 1.82) is 0 Å². The van der Waals surface area contributed by atoms with Gasteiger partial charge in [-0.15, -0.1) is 0 Å². The van der Waals surface area contributed by atoms with E-state index in [-0.39, 0.29) is 17.7 Å². The highest BCUT2D eigenvalue weighted by molar-refractivity contribution is 5.94. The van der Waals surface area contributed by atoms with E-state index in [1.165, 1.54) is 12.1 Å². The fraction of sp³-hybridized carbons (Fsp3) is 0.235. The Morgan fingerprint density at radius 1 is 1.19 bits per heavy atom. The van der Waals surface area contributed by atoms with Gasteiger partial charge in [0.15, 0.2) is 0 Å². The van der Waals surface area contributed by atoms with Gasteiger partial charge in [-0.3, -0.25) is 4.79 Å². The van der Waals surface area contributed by atoms with Crippen LogP contribution in [0.4, 0.5) is 5.69 Å². The van der Waals surface area contributed by atoms with Crippen LogP contribution in [0.2, 0.25) is 0 Å². The Bertz CT molecular complexity index is 621. The van der Waals surface area contributed by atoms with Gasteiger partial charge in [-0.05, 0) is 55.8 Å². The Morgan fingerprint density at radius 2 is 1.86 bits per heavy atom. The molecule has 0 aliphatic rings. The Morgan fingerprint density at radius 3 is 2.43 bits per heavy atom. The molecule has 0 heterocycles. The van der Waals surface area contributed by atoms with Crippen molar-refractivity contribution in [3.63, 3.8) is 0 Å². The lowest BCUT2D eigenvalue weighted by molar-refractivity contribution is 0.0690. The maximum Gasteiger partial charge on any atom is 0.254 e. The SMILES string of the molecule is CC(C)N(Cc1cccc(N)c1)C(=O)c1ccc(O)cc1. The molecule has 1 amide bonds. The maximum atomic E-state index is 12.6. The molecule has 0 unspecified atom stereocenters. The zero-order valence-electron chi connectivity index (χ0n) is 12.3. The third-order valence-electron chi connectivity index (χ3n) is 3.30. The van der Waals surface area contributed by atoms with E-state index < -0.39 is 0 Å². The number of phenols is 1. The van der Waals surface area contributed by atoms with Crippen LogP contribution in [0.5, 0.6) is 5.75 Å². The van der Waals surface area contributed by atoms with Crippen molar-refractivity contribution in [2.24, 2.45) is 0 Å². The normalized spacial score (nSPS) is 10.6. The summed E-state index contributed by atoms with van der Waals surface area (Å²) in [5, 5.41) is 9.31. The number of phenolic OH excluding ortho intramolecular Hbond substituents is 1. The molecule has 0 aliphatic heterocycles. The quantitative estimate of drug-likeness (QED) is 0.848. The van der Waals surface area contributed by atoms with Crippen molar-refractivity contribution in [1.82, 2.24) is 4.90 Å². The van der Waals surface area contributed by atoms with Crippen molar-refractivity contribution < 1.29 is 9.90 Å². The number of anilines is 1. The zero-order valence-corrected chi connectivity index (χ0v) is 12.3. The summed E-state index contributed by atoms with van der Waals surface area (Å²) in [5.41, 5.74) is 8.03. The van der Waals surface area contributed by atoms with E-state index in [0.717, 1.165) is 5.56 Å². The Labute approximate surface area is 124 Å². The van der Waals surface area contributed by atoms with Crippen LogP contribution in [0.1, 0.15) is 29.8 Å². The molecule has 0 aliphatic carbocycles. The van der Waals surface area contributed by atoms with E-state index in [1.54, 1.807) is 17.0 Å². The van der Waals surface area contributed by atoms with Crippen LogP contribution in [0.25, 0.3) is 0 Å². The monoisotopic (exact) mass is 284 g/mol. The fourth-order valence-corrected chi connectivity index (χ4v) is 2.15. The second kappa shape index (κ2) is 6.31. The molecule has 0 spiro atoms. The molecule has 3 N–H and O–H groups in total. The lowest BCUT2D eigenvalue weighted by Crippen LogP contribution is -2.36. The molecule has 0 aromatic heterocycles. The number of carbonyl (C=O) groups excluding carboxylic acids is 1. The standard InChI is InChI=1S/C17H20N2O2/c1-12(2)19(11-13-4-3-5-15(18)10-13)17(21)14-6-8-16(20)9-7-14/h3-10,12,20H,11,18H2,1-2H3. The van der Waals surface area contributed by atoms with Gasteiger partial charge in [0.1, 0.15) is 5.75 Å². The topological polar surface area (TPSA) is 66.6 Å². The first-order chi connectivity index (χ1) is 9.97. The molecule has 2 rings (SSSR count). The van der Waals surface area contributed by atoms with Crippen molar-refractivity contribution in [2.75, 3.05) is 5.73 Å². The Hall–Kier alpha value is -2.49. The number of hydrogen-bond donors (Lipinski definition) is 2. The van der Waals surface area contributed by atoms with Crippen LogP contribution >= 0.6 is 0 Å². The molecular weight excluding hydrogens is 264 g/mol. The third kappa shape index (κ3) is 3.75. The molecule has 0 saturated heterocycles. The predicted molar refractivity (Wildman–Crippen MR) is 84.0 cm³/mol. The minimum Gasteiger partial charge on any atom is -0.508 e. The van der Waals surface area contributed by atoms with E-state index in [0.29, 0.717) is 17.8 Å². The lowest BCUT2D eigenvalue weighted by atomic mass is 10.1. The van der Waals surface area contributed by atoms with Gasteiger partial charge >= 0.3 is 0 Å². The number of benzene rings is 2. The van der Waals surface area contributed by atoms with Crippen molar-refractivity contribution >= 4 is 11.6 Å². The first-order valence-corrected chi connectivity index (χ1v) is 6.92. The average Bonchev–Trinajstić information content (AvgIpc) is 2.44. The summed E-state index contributed by atoms with van der Waals surface area (Å²) in [6.45, 7) is 4.46. The third-order valence-corrected chi connectivity index (χ3v) is 3.30. The van der Waals surface area contributed by atoms with Crippen LogP contribution in [0.3, 0.4) is 0 Å². The van der Waals surface area contributed by atoms with Gasteiger partial charge in [-0.1, -0.05) is 12.1 Å². The number of carbonyl (C=O) groups is 1. The zero-order chi connectivity index (χ0) is 15.4. The highest BCUT2D eigenvalue weighted by Crippen LogP contribution is 2.17. The minimum absolute atomic E-state index is 0.0626. The number of nitrogens with zero attached hydrogens (tertiary/aromatic N) is 1. The van der Waals surface area contributed by atoms with Crippen LogP contribution in [0, 0.1) is 0 Å². The smallest absolute Gasteiger partial charge is 0.254 e. The van der Waals surface area contributed by atoms with Crippen LogP contribution in [0.15, 0.2) is 48.5 Å². The highest BCUT2D eigenvalue weighted by Gasteiger charge is 2.19. The van der Waals surface area contributed by atoms with E-state index in [9.17, 15) is 9.90 Å². The lowest BCUT2D eigenvalue weighted by Gasteiger charge is -2.27. The summed E-state index contributed by atoms with van der Waals surface area (Å²) in [6, 6.07) is 13.9. The van der Waals surface area contributed by atoms with Crippen molar-refractivity contribution in [2.45, 2.75) is 26.4 Å². The van der Waals surface area contributed by atoms with Crippen LogP contribution in [-0.2, 0) is 6.54 Å². The fourth-order valence-electron chi connectivity index (χ4n) is 2.15. The first-order valence-electron chi connectivity index (χ1n) is 6.92. The van der Waals surface area contributed by atoms with Crippen molar-refractivity contribution in [3.8, 4) is 5.75 Å². The highest BCUT2D eigenvalue weighted by atomic mass is 16.3. The second-order valence-corrected chi connectivity index (χ2v) is 5.32. The van der Waals surface area contributed by atoms with Gasteiger partial charge in [-0.25, -0.2) is 0 Å². The average molecular weight is 284 g/mol. The summed E-state index contributed by atoms with van der Waals surface area (Å²) in [7, 11) is 0. The number of amides is 1. The largest absolute Gasteiger partial charge is 0.508 e. The van der Waals surface area contributed by atoms with Gasteiger partial charge in [-0.2, -0.15) is 0 Å². The first kappa shape index (κ1) is 14.9. The van der Waals surface area contributed by atoms with Crippen LogP contribution < -0.4 is 5.73 Å². The van der Waals surface area contributed by atoms with Gasteiger partial charge in [0.05, 0.1) is 0 Å². The second-order valence-electron chi connectivity index (χ2n) is 5.32. The summed E-state index contributed by atoms with van der Waals surface area (Å²) in [6.07, 6.45) is 0. The molecule has 0 radical (unpaired) electrons. The predicted octanol–water partition coefficient (Wildman–Crippen LogP) is 3.03. The van der Waals surface area contributed by atoms with E-state index >= 15 is 0 Å². The summed E-state index contributed by atoms with van der Waals surface area (Å²) in [4.78, 5) is 14.4. The molecule has 0 fully saturated rings. The van der Waals surface area contributed by atoms with E-state index in [1.807, 2.05) is 38.1 Å². The van der Waals surface area contributed by atoms with Gasteiger partial charge < -0.3 is 15.7 Å². The Balaban J connectivity index is 2.22. The minimum atomic E-state index is -0.0626. The number of rotatable bonds is 4. The molecular formula is C17H20N2O2. The Kier molecular flexibility index (Phi) is 4.48. The van der Waals surface area contributed by atoms with E-state index in [4.69, 9.17) is 5.73 Å². The number of nitrogens with two attached hydrogens (primary N) is 1. The molecule has 2 aromatic carbocycles. The summed E-state index contributed by atoms with van der Waals surface area (Å²) < 4.78 is 0. The van der Waals surface area contributed by atoms with E-state index in [2.05, 4.69) is 0 Å². The molecule has 0 saturated carbocycles. The number of hydrogen-bond acceptors (Lipinski definition) is 3.